The predicted molar refractivity (Wildman–Crippen MR) is 120 cm³/mol. The molecule has 0 bridgehead atoms. The highest BCUT2D eigenvalue weighted by molar-refractivity contribution is 14.0. The Labute approximate surface area is 173 Å². The van der Waals surface area contributed by atoms with Gasteiger partial charge in [-0.15, -0.1) is 35.3 Å². The van der Waals surface area contributed by atoms with Gasteiger partial charge < -0.3 is 20.4 Å². The molecule has 8 heteroatoms. The third kappa shape index (κ3) is 8.08. The predicted octanol–water partition coefficient (Wildman–Crippen LogP) is 2.61. The Kier molecular flexibility index (Phi) is 10.7. The van der Waals surface area contributed by atoms with Crippen LogP contribution in [0.5, 0.6) is 0 Å². The minimum Gasteiger partial charge on any atom is -0.356 e. The summed E-state index contributed by atoms with van der Waals surface area (Å²) >= 11 is 1.66. The number of nitrogens with one attached hydrogen (secondary N) is 2. The largest absolute Gasteiger partial charge is 0.356 e. The summed E-state index contributed by atoms with van der Waals surface area (Å²) in [5, 5.41) is 9.85. The van der Waals surface area contributed by atoms with Crippen molar-refractivity contribution in [2.75, 3.05) is 52.2 Å². The van der Waals surface area contributed by atoms with Gasteiger partial charge >= 0.3 is 0 Å². The number of guanidine groups is 1. The molecule has 1 aliphatic rings. The summed E-state index contributed by atoms with van der Waals surface area (Å²) in [5.74, 6) is 1.75. The van der Waals surface area contributed by atoms with E-state index in [1.807, 2.05) is 26.0 Å². The van der Waals surface area contributed by atoms with Gasteiger partial charge in [0.1, 0.15) is 0 Å². The number of likely N-dealkylation sites (tertiary alicyclic amines) is 1. The Balaban J connectivity index is 0.00000312. The highest BCUT2D eigenvalue weighted by atomic mass is 127. The van der Waals surface area contributed by atoms with E-state index < -0.39 is 0 Å². The Morgan fingerprint density at radius 2 is 2.08 bits per heavy atom. The monoisotopic (exact) mass is 480 g/mol. The molecule has 0 aliphatic carbocycles. The van der Waals surface area contributed by atoms with E-state index in [1.165, 1.54) is 32.5 Å². The number of piperidine rings is 1. The van der Waals surface area contributed by atoms with Crippen molar-refractivity contribution in [2.45, 2.75) is 32.7 Å². The lowest BCUT2D eigenvalue weighted by Crippen LogP contribution is -2.39. The molecule has 25 heavy (non-hydrogen) atoms. The van der Waals surface area contributed by atoms with Gasteiger partial charge in [0.25, 0.3) is 0 Å². The SMILES string of the molecule is CN=C(NCCCN1CCC(C)CC1)NCc1csc(N(C)C)n1.I. The molecule has 0 radical (unpaired) electrons. The molecule has 1 fully saturated rings. The number of anilines is 1. The molecule has 0 aromatic carbocycles. The van der Waals surface area contributed by atoms with Crippen LogP contribution in [0.15, 0.2) is 10.4 Å². The Morgan fingerprint density at radius 3 is 2.68 bits per heavy atom. The van der Waals surface area contributed by atoms with E-state index in [0.29, 0.717) is 6.54 Å². The van der Waals surface area contributed by atoms with Crippen molar-refractivity contribution in [3.05, 3.63) is 11.1 Å². The summed E-state index contributed by atoms with van der Waals surface area (Å²) in [6, 6.07) is 0. The van der Waals surface area contributed by atoms with Crippen molar-refractivity contribution in [3.63, 3.8) is 0 Å². The Bertz CT molecular complexity index is 511. The molecule has 2 rings (SSSR count). The second kappa shape index (κ2) is 11.9. The quantitative estimate of drug-likeness (QED) is 0.272. The lowest BCUT2D eigenvalue weighted by Gasteiger charge is -2.30. The van der Waals surface area contributed by atoms with Gasteiger partial charge in [-0.2, -0.15) is 0 Å². The molecular formula is C17H33IN6S. The molecule has 144 valence electrons. The van der Waals surface area contributed by atoms with Crippen molar-refractivity contribution in [1.29, 1.82) is 0 Å². The summed E-state index contributed by atoms with van der Waals surface area (Å²) in [6.07, 6.45) is 3.84. The van der Waals surface area contributed by atoms with Gasteiger partial charge in [-0.1, -0.05) is 6.92 Å². The number of aliphatic imine (C=N–C) groups is 1. The van der Waals surface area contributed by atoms with Crippen molar-refractivity contribution in [2.24, 2.45) is 10.9 Å². The zero-order valence-electron chi connectivity index (χ0n) is 15.9. The maximum atomic E-state index is 4.57. The van der Waals surface area contributed by atoms with Gasteiger partial charge in [0, 0.05) is 33.1 Å². The lowest BCUT2D eigenvalue weighted by atomic mass is 9.99. The standard InChI is InChI=1S/C17H32N6S.HI/c1-14-6-10-23(11-7-14)9-5-8-19-16(18-2)20-12-15-13-24-17(21-15)22(3)4;/h13-14H,5-12H2,1-4H3,(H2,18,19,20);1H. The second-order valence-electron chi connectivity index (χ2n) is 6.75. The van der Waals surface area contributed by atoms with Gasteiger partial charge in [0.05, 0.1) is 12.2 Å². The minimum absolute atomic E-state index is 0. The van der Waals surface area contributed by atoms with E-state index >= 15 is 0 Å². The van der Waals surface area contributed by atoms with Crippen LogP contribution >= 0.6 is 35.3 Å². The summed E-state index contributed by atoms with van der Waals surface area (Å²) in [7, 11) is 5.84. The number of aromatic nitrogens is 1. The number of rotatable bonds is 7. The van der Waals surface area contributed by atoms with Crippen LogP contribution in [0, 0.1) is 5.92 Å². The first-order chi connectivity index (χ1) is 11.6. The van der Waals surface area contributed by atoms with Crippen LogP contribution in [0.2, 0.25) is 0 Å². The van der Waals surface area contributed by atoms with Crippen LogP contribution in [-0.2, 0) is 6.54 Å². The Morgan fingerprint density at radius 1 is 1.36 bits per heavy atom. The normalized spacial score (nSPS) is 16.4. The molecule has 0 spiro atoms. The number of thiazole rings is 1. The van der Waals surface area contributed by atoms with Crippen molar-refractivity contribution >= 4 is 46.4 Å². The average molecular weight is 480 g/mol. The highest BCUT2D eigenvalue weighted by Gasteiger charge is 2.14. The second-order valence-corrected chi connectivity index (χ2v) is 7.58. The number of hydrogen-bond acceptors (Lipinski definition) is 5. The zero-order valence-corrected chi connectivity index (χ0v) is 19.1. The van der Waals surface area contributed by atoms with Crippen LogP contribution in [0.1, 0.15) is 31.9 Å². The molecule has 1 saturated heterocycles. The smallest absolute Gasteiger partial charge is 0.191 e. The number of halogens is 1. The summed E-state index contributed by atoms with van der Waals surface area (Å²) in [6.45, 7) is 7.70. The first kappa shape index (κ1) is 22.4. The fraction of sp³-hybridized carbons (Fsp3) is 0.765. The van der Waals surface area contributed by atoms with Crippen molar-refractivity contribution in [3.8, 4) is 0 Å². The van der Waals surface area contributed by atoms with Gasteiger partial charge in [-0.25, -0.2) is 4.98 Å². The maximum absolute atomic E-state index is 4.57. The van der Waals surface area contributed by atoms with Crippen molar-refractivity contribution in [1.82, 2.24) is 20.5 Å². The fourth-order valence-corrected chi connectivity index (χ4v) is 3.53. The molecule has 1 aromatic rings. The van der Waals surface area contributed by atoms with E-state index in [1.54, 1.807) is 11.3 Å². The first-order valence-corrected chi connectivity index (χ1v) is 9.75. The van der Waals surface area contributed by atoms with Gasteiger partial charge in [-0.05, 0) is 44.8 Å². The molecule has 2 N–H and O–H groups in total. The fourth-order valence-electron chi connectivity index (χ4n) is 2.77. The van der Waals surface area contributed by atoms with E-state index in [0.717, 1.165) is 35.7 Å². The van der Waals surface area contributed by atoms with Crippen LogP contribution < -0.4 is 15.5 Å². The molecule has 2 heterocycles. The topological polar surface area (TPSA) is 55.8 Å². The van der Waals surface area contributed by atoms with Crippen LogP contribution in [0.3, 0.4) is 0 Å². The number of nitrogens with zero attached hydrogens (tertiary/aromatic N) is 4. The molecule has 6 nitrogen and oxygen atoms in total. The molecular weight excluding hydrogens is 447 g/mol. The highest BCUT2D eigenvalue weighted by Crippen LogP contribution is 2.17. The molecule has 0 unspecified atom stereocenters. The molecule has 1 aliphatic heterocycles. The number of hydrogen-bond donors (Lipinski definition) is 2. The van der Waals surface area contributed by atoms with Gasteiger partial charge in [0.15, 0.2) is 11.1 Å². The van der Waals surface area contributed by atoms with Gasteiger partial charge in [0.2, 0.25) is 0 Å². The van der Waals surface area contributed by atoms with E-state index in [9.17, 15) is 0 Å². The lowest BCUT2D eigenvalue weighted by molar-refractivity contribution is 0.191. The van der Waals surface area contributed by atoms with E-state index in [4.69, 9.17) is 0 Å². The van der Waals surface area contributed by atoms with E-state index in [2.05, 4.69) is 37.8 Å². The van der Waals surface area contributed by atoms with Crippen molar-refractivity contribution < 1.29 is 0 Å². The maximum Gasteiger partial charge on any atom is 0.191 e. The first-order valence-electron chi connectivity index (χ1n) is 8.87. The van der Waals surface area contributed by atoms with Crippen LogP contribution in [0.4, 0.5) is 5.13 Å². The summed E-state index contributed by atoms with van der Waals surface area (Å²) < 4.78 is 0. The third-order valence-corrected chi connectivity index (χ3v) is 5.46. The summed E-state index contributed by atoms with van der Waals surface area (Å²) in [4.78, 5) is 13.5. The minimum atomic E-state index is 0. The Hall–Kier alpha value is -0.610. The van der Waals surface area contributed by atoms with E-state index in [-0.39, 0.29) is 24.0 Å². The van der Waals surface area contributed by atoms with Gasteiger partial charge in [-0.3, -0.25) is 4.99 Å². The molecule has 0 amide bonds. The van der Waals surface area contributed by atoms with Crippen LogP contribution in [-0.4, -0.2) is 63.2 Å². The summed E-state index contributed by atoms with van der Waals surface area (Å²) in [5.41, 5.74) is 1.05. The third-order valence-electron chi connectivity index (χ3n) is 4.40. The van der Waals surface area contributed by atoms with Crippen LogP contribution in [0.25, 0.3) is 0 Å². The molecule has 0 saturated carbocycles. The molecule has 0 atom stereocenters. The molecule has 1 aromatic heterocycles. The average Bonchev–Trinajstić information content (AvgIpc) is 3.05. The zero-order chi connectivity index (χ0) is 17.4.